The lowest BCUT2D eigenvalue weighted by Gasteiger charge is -2.09. The number of hydrogen-bond acceptors (Lipinski definition) is 6. The highest BCUT2D eigenvalue weighted by Crippen LogP contribution is 2.34. The van der Waals surface area contributed by atoms with Crippen LogP contribution in [0.4, 0.5) is 5.69 Å². The van der Waals surface area contributed by atoms with Crippen LogP contribution in [0.15, 0.2) is 48.8 Å². The molecule has 1 amide bonds. The Bertz CT molecular complexity index is 1040. The molecule has 29 heavy (non-hydrogen) atoms. The number of aromatic nitrogens is 3. The summed E-state index contributed by atoms with van der Waals surface area (Å²) < 4.78 is 1.97. The van der Waals surface area contributed by atoms with Gasteiger partial charge in [-0.15, -0.1) is 21.5 Å². The summed E-state index contributed by atoms with van der Waals surface area (Å²) in [5.41, 5.74) is 0.637. The number of hydrogen-bond donors (Lipinski definition) is 1. The van der Waals surface area contributed by atoms with Crippen molar-refractivity contribution in [3.8, 4) is 10.4 Å². The van der Waals surface area contributed by atoms with Crippen LogP contribution in [-0.4, -0.2) is 32.1 Å². The van der Waals surface area contributed by atoms with Crippen molar-refractivity contribution < 1.29 is 9.72 Å². The van der Waals surface area contributed by atoms with Crippen molar-refractivity contribution in [3.05, 3.63) is 69.6 Å². The molecule has 0 fully saturated rings. The number of carbonyl (C=O) groups is 1. The largest absolute Gasteiger partial charge is 0.352 e. The molecule has 0 saturated carbocycles. The van der Waals surface area contributed by atoms with E-state index in [2.05, 4.69) is 15.5 Å². The van der Waals surface area contributed by atoms with Gasteiger partial charge in [-0.2, -0.15) is 0 Å². The normalized spacial score (nSPS) is 11.3. The van der Waals surface area contributed by atoms with Crippen molar-refractivity contribution in [2.24, 2.45) is 0 Å². The standard InChI is InChI=1S/C20H21N5O3S/c1-14(2)24-13-22-23-19(24)11-12-21-20(26)10-8-15-7-9-18(29-15)16-5-3-4-6-17(16)25(27)28/h3-10,13-14H,11-12H2,1-2H3,(H,21,26). The fourth-order valence-corrected chi connectivity index (χ4v) is 3.76. The smallest absolute Gasteiger partial charge is 0.278 e. The summed E-state index contributed by atoms with van der Waals surface area (Å²) >= 11 is 1.39. The van der Waals surface area contributed by atoms with Crippen LogP contribution in [-0.2, 0) is 11.2 Å². The average Bonchev–Trinajstić information content (AvgIpc) is 3.36. The quantitative estimate of drug-likeness (QED) is 0.344. The highest BCUT2D eigenvalue weighted by Gasteiger charge is 2.15. The molecular weight excluding hydrogens is 390 g/mol. The van der Waals surface area contributed by atoms with Crippen LogP contribution in [0.1, 0.15) is 30.6 Å². The van der Waals surface area contributed by atoms with Crippen molar-refractivity contribution in [2.75, 3.05) is 6.54 Å². The molecule has 3 rings (SSSR count). The minimum Gasteiger partial charge on any atom is -0.352 e. The Labute approximate surface area is 172 Å². The van der Waals surface area contributed by atoms with Crippen LogP contribution >= 0.6 is 11.3 Å². The molecular formula is C20H21N5O3S. The first kappa shape index (κ1) is 20.4. The number of para-hydroxylation sites is 1. The molecule has 0 radical (unpaired) electrons. The van der Waals surface area contributed by atoms with Gasteiger partial charge in [0, 0.05) is 40.9 Å². The molecule has 0 unspecified atom stereocenters. The number of nitrogens with one attached hydrogen (secondary N) is 1. The maximum absolute atomic E-state index is 12.1. The van der Waals surface area contributed by atoms with Crippen LogP contribution in [0.2, 0.25) is 0 Å². The van der Waals surface area contributed by atoms with Crippen molar-refractivity contribution >= 4 is 29.0 Å². The first-order chi connectivity index (χ1) is 14.0. The number of thiophene rings is 1. The maximum atomic E-state index is 12.1. The van der Waals surface area contributed by atoms with E-state index < -0.39 is 4.92 Å². The van der Waals surface area contributed by atoms with E-state index in [0.717, 1.165) is 15.6 Å². The Morgan fingerprint density at radius 3 is 2.86 bits per heavy atom. The molecule has 0 spiro atoms. The Kier molecular flexibility index (Phi) is 6.50. The lowest BCUT2D eigenvalue weighted by Crippen LogP contribution is -2.24. The monoisotopic (exact) mass is 411 g/mol. The minimum atomic E-state index is -0.391. The number of nitro benzene ring substituents is 1. The van der Waals surface area contributed by atoms with E-state index in [4.69, 9.17) is 0 Å². The second kappa shape index (κ2) is 9.24. The maximum Gasteiger partial charge on any atom is 0.278 e. The number of nitro groups is 1. The Morgan fingerprint density at radius 1 is 1.31 bits per heavy atom. The molecule has 2 heterocycles. The van der Waals surface area contributed by atoms with Gasteiger partial charge in [-0.3, -0.25) is 14.9 Å². The van der Waals surface area contributed by atoms with Gasteiger partial charge in [0.1, 0.15) is 12.2 Å². The number of amides is 1. The third-order valence-electron chi connectivity index (χ3n) is 4.24. The number of benzene rings is 1. The summed E-state index contributed by atoms with van der Waals surface area (Å²) in [7, 11) is 0. The van der Waals surface area contributed by atoms with Crippen molar-refractivity contribution in [1.29, 1.82) is 0 Å². The van der Waals surface area contributed by atoms with Gasteiger partial charge in [0.15, 0.2) is 0 Å². The molecule has 0 bridgehead atoms. The molecule has 150 valence electrons. The summed E-state index contributed by atoms with van der Waals surface area (Å²) in [6.07, 6.45) is 5.45. The summed E-state index contributed by atoms with van der Waals surface area (Å²) in [6.45, 7) is 4.56. The van der Waals surface area contributed by atoms with Gasteiger partial charge in [-0.05, 0) is 38.1 Å². The molecule has 1 aromatic carbocycles. The Morgan fingerprint density at radius 2 is 2.10 bits per heavy atom. The predicted molar refractivity (Wildman–Crippen MR) is 113 cm³/mol. The zero-order chi connectivity index (χ0) is 20.8. The highest BCUT2D eigenvalue weighted by molar-refractivity contribution is 7.16. The molecule has 0 aliphatic rings. The molecule has 9 heteroatoms. The third-order valence-corrected chi connectivity index (χ3v) is 5.33. The second-order valence-electron chi connectivity index (χ2n) is 6.60. The molecule has 2 aromatic heterocycles. The van der Waals surface area contributed by atoms with Gasteiger partial charge in [0.05, 0.1) is 10.5 Å². The van der Waals surface area contributed by atoms with Crippen LogP contribution < -0.4 is 5.32 Å². The van der Waals surface area contributed by atoms with Crippen molar-refractivity contribution in [1.82, 2.24) is 20.1 Å². The molecule has 0 saturated heterocycles. The molecule has 0 aliphatic carbocycles. The van der Waals surface area contributed by atoms with E-state index in [1.54, 1.807) is 30.6 Å². The van der Waals surface area contributed by atoms with E-state index in [9.17, 15) is 14.9 Å². The number of rotatable bonds is 8. The average molecular weight is 411 g/mol. The van der Waals surface area contributed by atoms with Crippen LogP contribution in [0.25, 0.3) is 16.5 Å². The molecule has 3 aromatic rings. The van der Waals surface area contributed by atoms with E-state index in [0.29, 0.717) is 18.5 Å². The third kappa shape index (κ3) is 5.14. The minimum absolute atomic E-state index is 0.0665. The fourth-order valence-electron chi connectivity index (χ4n) is 2.82. The highest BCUT2D eigenvalue weighted by atomic mass is 32.1. The number of carbonyl (C=O) groups excluding carboxylic acids is 1. The van der Waals surface area contributed by atoms with Gasteiger partial charge < -0.3 is 9.88 Å². The van der Waals surface area contributed by atoms with E-state index in [-0.39, 0.29) is 17.6 Å². The summed E-state index contributed by atoms with van der Waals surface area (Å²) in [6, 6.07) is 10.5. The van der Waals surface area contributed by atoms with Gasteiger partial charge in [-0.1, -0.05) is 12.1 Å². The van der Waals surface area contributed by atoms with Gasteiger partial charge in [0.2, 0.25) is 5.91 Å². The Balaban J connectivity index is 1.58. The zero-order valence-corrected chi connectivity index (χ0v) is 16.9. The first-order valence-corrected chi connectivity index (χ1v) is 9.95. The molecule has 0 atom stereocenters. The molecule has 1 N–H and O–H groups in total. The first-order valence-electron chi connectivity index (χ1n) is 9.13. The van der Waals surface area contributed by atoms with Crippen LogP contribution in [0, 0.1) is 10.1 Å². The second-order valence-corrected chi connectivity index (χ2v) is 7.71. The molecule has 8 nitrogen and oxygen atoms in total. The number of nitrogens with zero attached hydrogens (tertiary/aromatic N) is 4. The summed E-state index contributed by atoms with van der Waals surface area (Å²) in [5.74, 6) is 0.623. The predicted octanol–water partition coefficient (Wildman–Crippen LogP) is 3.87. The van der Waals surface area contributed by atoms with Crippen LogP contribution in [0.3, 0.4) is 0 Å². The summed E-state index contributed by atoms with van der Waals surface area (Å²) in [5, 5.41) is 22.0. The topological polar surface area (TPSA) is 103 Å². The van der Waals surface area contributed by atoms with Gasteiger partial charge in [-0.25, -0.2) is 0 Å². The molecule has 0 aliphatic heterocycles. The fraction of sp³-hybridized carbons (Fsp3) is 0.250. The van der Waals surface area contributed by atoms with E-state index in [1.807, 2.05) is 30.5 Å². The summed E-state index contributed by atoms with van der Waals surface area (Å²) in [4.78, 5) is 24.5. The van der Waals surface area contributed by atoms with Gasteiger partial charge in [0.25, 0.3) is 5.69 Å². The zero-order valence-electron chi connectivity index (χ0n) is 16.1. The van der Waals surface area contributed by atoms with E-state index in [1.165, 1.54) is 23.5 Å². The van der Waals surface area contributed by atoms with Crippen molar-refractivity contribution in [2.45, 2.75) is 26.3 Å². The van der Waals surface area contributed by atoms with Crippen molar-refractivity contribution in [3.63, 3.8) is 0 Å². The van der Waals surface area contributed by atoms with Crippen LogP contribution in [0.5, 0.6) is 0 Å². The SMILES string of the molecule is CC(C)n1cnnc1CCNC(=O)C=Cc1ccc(-c2ccccc2[N+](=O)[O-])s1. The van der Waals surface area contributed by atoms with Gasteiger partial charge >= 0.3 is 0 Å². The van der Waals surface area contributed by atoms with E-state index >= 15 is 0 Å². The Hall–Kier alpha value is -3.33. The lowest BCUT2D eigenvalue weighted by atomic mass is 10.1. The lowest BCUT2D eigenvalue weighted by molar-refractivity contribution is -0.384.